The van der Waals surface area contributed by atoms with Gasteiger partial charge < -0.3 is 10.2 Å². The number of hydrogen-bond donors (Lipinski definition) is 1. The smallest absolute Gasteiger partial charge is 0.152 e. The Labute approximate surface area is 146 Å². The van der Waals surface area contributed by atoms with Gasteiger partial charge in [-0.05, 0) is 37.6 Å². The summed E-state index contributed by atoms with van der Waals surface area (Å²) in [6, 6.07) is 9.11. The van der Waals surface area contributed by atoms with E-state index in [-0.39, 0.29) is 17.5 Å². The van der Waals surface area contributed by atoms with E-state index in [1.807, 2.05) is 37.1 Å². The molecule has 2 heterocycles. The van der Waals surface area contributed by atoms with Crippen molar-refractivity contribution in [3.8, 4) is 0 Å². The summed E-state index contributed by atoms with van der Waals surface area (Å²) in [6.07, 6.45) is 0.627. The normalized spacial score (nSPS) is 19.2. The molecule has 0 radical (unpaired) electrons. The molecule has 2 aromatic rings. The van der Waals surface area contributed by atoms with Gasteiger partial charge in [-0.2, -0.15) is 0 Å². The van der Waals surface area contributed by atoms with E-state index in [1.165, 1.54) is 0 Å². The monoisotopic (exact) mass is 366 g/mol. The molecule has 3 rings (SSSR count). The number of nitrogens with zero attached hydrogens (tertiary/aromatic N) is 3. The van der Waals surface area contributed by atoms with Crippen LogP contribution in [0.3, 0.4) is 0 Å². The zero-order chi connectivity index (χ0) is 17.3. The third-order valence-corrected chi connectivity index (χ3v) is 6.06. The Morgan fingerprint density at radius 1 is 1.25 bits per heavy atom. The second kappa shape index (κ2) is 6.57. The van der Waals surface area contributed by atoms with Crippen molar-refractivity contribution in [1.29, 1.82) is 0 Å². The van der Waals surface area contributed by atoms with Crippen LogP contribution in [0.5, 0.6) is 0 Å². The molecule has 0 bridgehead atoms. The summed E-state index contributed by atoms with van der Waals surface area (Å²) in [7, 11) is -1.06. The maximum absolute atomic E-state index is 11.7. The number of sulfone groups is 1. The number of aryl methyl sites for hydroxylation is 1. The van der Waals surface area contributed by atoms with Crippen LogP contribution in [0.2, 0.25) is 5.02 Å². The van der Waals surface area contributed by atoms with Gasteiger partial charge in [0.25, 0.3) is 0 Å². The van der Waals surface area contributed by atoms with Crippen LogP contribution >= 0.6 is 11.6 Å². The number of halogens is 1. The first-order valence-corrected chi connectivity index (χ1v) is 9.84. The minimum absolute atomic E-state index is 0.0484. The average Bonchev–Trinajstić information content (AvgIpc) is 2.88. The van der Waals surface area contributed by atoms with Gasteiger partial charge in [0.05, 0.1) is 11.5 Å². The Hall–Kier alpha value is -1.86. The number of hydrogen-bond acceptors (Lipinski definition) is 6. The van der Waals surface area contributed by atoms with Crippen LogP contribution in [-0.2, 0) is 9.84 Å². The van der Waals surface area contributed by atoms with Gasteiger partial charge in [0.1, 0.15) is 17.5 Å². The van der Waals surface area contributed by atoms with E-state index < -0.39 is 9.84 Å². The highest BCUT2D eigenvalue weighted by molar-refractivity contribution is 7.91. The quantitative estimate of drug-likeness (QED) is 0.896. The summed E-state index contributed by atoms with van der Waals surface area (Å²) in [6.45, 7) is 1.82. The minimum atomic E-state index is -2.93. The molecule has 24 heavy (non-hydrogen) atoms. The average molecular weight is 367 g/mol. The van der Waals surface area contributed by atoms with E-state index in [0.29, 0.717) is 28.9 Å². The molecule has 1 aromatic carbocycles. The third kappa shape index (κ3) is 3.96. The lowest BCUT2D eigenvalue weighted by atomic mass is 10.2. The number of nitrogens with one attached hydrogen (secondary N) is 1. The van der Waals surface area contributed by atoms with Crippen molar-refractivity contribution in [1.82, 2.24) is 9.97 Å². The maximum Gasteiger partial charge on any atom is 0.152 e. The van der Waals surface area contributed by atoms with Crippen molar-refractivity contribution in [2.24, 2.45) is 0 Å². The van der Waals surface area contributed by atoms with Gasteiger partial charge in [0.15, 0.2) is 9.84 Å². The van der Waals surface area contributed by atoms with Crippen molar-refractivity contribution >= 4 is 38.8 Å². The number of anilines is 3. The fourth-order valence-electron chi connectivity index (χ4n) is 2.75. The van der Waals surface area contributed by atoms with Gasteiger partial charge in [-0.15, -0.1) is 0 Å². The number of benzene rings is 1. The Balaban J connectivity index is 1.82. The number of rotatable bonds is 4. The fourth-order valence-corrected chi connectivity index (χ4v) is 4.65. The molecule has 128 valence electrons. The van der Waals surface area contributed by atoms with Gasteiger partial charge in [-0.25, -0.2) is 18.4 Å². The number of aromatic nitrogens is 2. The van der Waals surface area contributed by atoms with Crippen molar-refractivity contribution < 1.29 is 8.42 Å². The summed E-state index contributed by atoms with van der Waals surface area (Å²) in [5, 5.41) is 3.89. The summed E-state index contributed by atoms with van der Waals surface area (Å²) < 4.78 is 23.4. The molecule has 1 atom stereocenters. The first kappa shape index (κ1) is 17.0. The van der Waals surface area contributed by atoms with E-state index in [9.17, 15) is 8.42 Å². The molecule has 1 N–H and O–H groups in total. The second-order valence-corrected chi connectivity index (χ2v) is 8.62. The second-order valence-electron chi connectivity index (χ2n) is 5.96. The largest absolute Gasteiger partial charge is 0.355 e. The first-order valence-electron chi connectivity index (χ1n) is 7.64. The molecule has 1 fully saturated rings. The molecule has 1 aromatic heterocycles. The molecule has 8 heteroatoms. The van der Waals surface area contributed by atoms with E-state index in [2.05, 4.69) is 15.3 Å². The summed E-state index contributed by atoms with van der Waals surface area (Å²) in [4.78, 5) is 10.8. The highest BCUT2D eigenvalue weighted by Gasteiger charge is 2.31. The van der Waals surface area contributed by atoms with Crippen LogP contribution < -0.4 is 10.2 Å². The molecule has 1 aliphatic heterocycles. The molecule has 0 spiro atoms. The fraction of sp³-hybridized carbons (Fsp3) is 0.375. The molecule has 1 unspecified atom stereocenters. The molecular weight excluding hydrogens is 348 g/mol. The Kier molecular flexibility index (Phi) is 4.64. The van der Waals surface area contributed by atoms with Crippen molar-refractivity contribution in [2.45, 2.75) is 19.4 Å². The van der Waals surface area contributed by atoms with Gasteiger partial charge >= 0.3 is 0 Å². The summed E-state index contributed by atoms with van der Waals surface area (Å²) in [5.41, 5.74) is 0.870. The molecule has 6 nitrogen and oxygen atoms in total. The lowest BCUT2D eigenvalue weighted by molar-refractivity contribution is 0.600. The van der Waals surface area contributed by atoms with Crippen LogP contribution in [-0.4, -0.2) is 43.0 Å². The van der Waals surface area contributed by atoms with Crippen molar-refractivity contribution in [3.05, 3.63) is 41.2 Å². The topological polar surface area (TPSA) is 75.2 Å². The lowest BCUT2D eigenvalue weighted by Crippen LogP contribution is -2.33. The predicted octanol–water partition coefficient (Wildman–Crippen LogP) is 2.81. The van der Waals surface area contributed by atoms with E-state index in [4.69, 9.17) is 11.6 Å². The zero-order valence-corrected chi connectivity index (χ0v) is 15.1. The SMILES string of the molecule is Cc1nc(Nc2ccc(Cl)cc2)cc(N(C)C2CCS(=O)(=O)C2)n1. The molecule has 0 amide bonds. The van der Waals surface area contributed by atoms with E-state index in [1.54, 1.807) is 12.1 Å². The van der Waals surface area contributed by atoms with E-state index >= 15 is 0 Å². The Morgan fingerprint density at radius 3 is 2.58 bits per heavy atom. The third-order valence-electron chi connectivity index (χ3n) is 4.06. The first-order chi connectivity index (χ1) is 11.3. The van der Waals surface area contributed by atoms with Crippen LogP contribution in [0.1, 0.15) is 12.2 Å². The predicted molar refractivity (Wildman–Crippen MR) is 97.0 cm³/mol. The maximum atomic E-state index is 11.7. The van der Waals surface area contributed by atoms with E-state index in [0.717, 1.165) is 5.69 Å². The van der Waals surface area contributed by atoms with Gasteiger partial charge in [0.2, 0.25) is 0 Å². The minimum Gasteiger partial charge on any atom is -0.355 e. The standard InChI is InChI=1S/C16H19ClN4O2S/c1-11-18-15(20-13-5-3-12(17)4-6-13)9-16(19-11)21(2)14-7-8-24(22,23)10-14/h3-6,9,14H,7-8,10H2,1-2H3,(H,18,19,20). The van der Waals surface area contributed by atoms with Crippen LogP contribution in [0, 0.1) is 6.92 Å². The van der Waals surface area contributed by atoms with Gasteiger partial charge in [-0.1, -0.05) is 11.6 Å². The Morgan fingerprint density at radius 2 is 1.96 bits per heavy atom. The van der Waals surface area contributed by atoms with Crippen LogP contribution in [0.15, 0.2) is 30.3 Å². The molecular formula is C16H19ClN4O2S. The van der Waals surface area contributed by atoms with Gasteiger partial charge in [0, 0.05) is 29.9 Å². The summed E-state index contributed by atoms with van der Waals surface area (Å²) in [5.74, 6) is 2.40. The van der Waals surface area contributed by atoms with Crippen molar-refractivity contribution in [2.75, 3.05) is 28.8 Å². The van der Waals surface area contributed by atoms with Crippen LogP contribution in [0.25, 0.3) is 0 Å². The highest BCUT2D eigenvalue weighted by atomic mass is 35.5. The Bertz CT molecular complexity index is 840. The van der Waals surface area contributed by atoms with Crippen LogP contribution in [0.4, 0.5) is 17.3 Å². The highest BCUT2D eigenvalue weighted by Crippen LogP contribution is 2.25. The van der Waals surface area contributed by atoms with Gasteiger partial charge in [-0.3, -0.25) is 0 Å². The van der Waals surface area contributed by atoms with Crippen molar-refractivity contribution in [3.63, 3.8) is 0 Å². The lowest BCUT2D eigenvalue weighted by Gasteiger charge is -2.25. The summed E-state index contributed by atoms with van der Waals surface area (Å²) >= 11 is 5.89. The molecule has 0 aliphatic carbocycles. The molecule has 1 aliphatic rings. The molecule has 0 saturated carbocycles. The zero-order valence-electron chi connectivity index (χ0n) is 13.5. The molecule has 1 saturated heterocycles.